The van der Waals surface area contributed by atoms with Gasteiger partial charge in [0.25, 0.3) is 0 Å². The molecule has 0 rings (SSSR count). The summed E-state index contributed by atoms with van der Waals surface area (Å²) in [6, 6.07) is 0. The molecule has 0 saturated heterocycles. The zero-order valence-corrected chi connectivity index (χ0v) is 15.9. The third kappa shape index (κ3) is 17.3. The van der Waals surface area contributed by atoms with Crippen LogP contribution in [0.3, 0.4) is 0 Å². The number of carbonyl (C=O) groups is 2. The van der Waals surface area contributed by atoms with E-state index in [1.807, 2.05) is 0 Å². The van der Waals surface area contributed by atoms with Crippen LogP contribution in [-0.4, -0.2) is 11.9 Å². The molecule has 0 aromatic carbocycles. The molecule has 0 atom stereocenters. The molecular weight excluding hydrogens is 304 g/mol. The Bertz CT molecular complexity index is 302. The first-order valence-electron chi connectivity index (χ1n) is 10.1. The molecule has 0 N–H and O–H groups in total. The van der Waals surface area contributed by atoms with Gasteiger partial charge in [0.1, 0.15) is 0 Å². The molecule has 0 aliphatic heterocycles. The van der Waals surface area contributed by atoms with Gasteiger partial charge in [-0.2, -0.15) is 0 Å². The van der Waals surface area contributed by atoms with E-state index in [4.69, 9.17) is 0 Å². The van der Waals surface area contributed by atoms with Crippen LogP contribution in [0.5, 0.6) is 0 Å². The average Bonchev–Trinajstić information content (AvgIpc) is 2.58. The lowest BCUT2D eigenvalue weighted by Gasteiger charge is -2.04. The second-order valence-corrected chi connectivity index (χ2v) is 6.65. The SMILES string of the molecule is CCCCCCCCCCCC(=O)OOC(=O)CCCCCCC. The largest absolute Gasteiger partial charge is 0.355 e. The van der Waals surface area contributed by atoms with E-state index in [2.05, 4.69) is 23.6 Å². The molecule has 0 radical (unpaired) electrons. The number of carbonyl (C=O) groups excluding carboxylic acids is 2. The molecule has 24 heavy (non-hydrogen) atoms. The van der Waals surface area contributed by atoms with Crippen molar-refractivity contribution < 1.29 is 19.4 Å². The van der Waals surface area contributed by atoms with Crippen molar-refractivity contribution in [2.24, 2.45) is 0 Å². The van der Waals surface area contributed by atoms with Crippen molar-refractivity contribution in [2.45, 2.75) is 117 Å². The van der Waals surface area contributed by atoms with E-state index in [1.165, 1.54) is 51.4 Å². The van der Waals surface area contributed by atoms with Gasteiger partial charge in [0.15, 0.2) is 0 Å². The first-order valence-corrected chi connectivity index (χ1v) is 10.1. The third-order valence-corrected chi connectivity index (χ3v) is 4.20. The Labute approximate surface area is 148 Å². The summed E-state index contributed by atoms with van der Waals surface area (Å²) in [5.41, 5.74) is 0. The highest BCUT2D eigenvalue weighted by molar-refractivity contribution is 5.72. The second-order valence-electron chi connectivity index (χ2n) is 6.65. The van der Waals surface area contributed by atoms with Crippen molar-refractivity contribution in [3.8, 4) is 0 Å². The maximum Gasteiger partial charge on any atom is 0.355 e. The van der Waals surface area contributed by atoms with Gasteiger partial charge in [-0.25, -0.2) is 19.4 Å². The molecule has 4 heteroatoms. The Kier molecular flexibility index (Phi) is 17.5. The fourth-order valence-electron chi connectivity index (χ4n) is 2.63. The van der Waals surface area contributed by atoms with Crippen LogP contribution in [0.25, 0.3) is 0 Å². The predicted octanol–water partition coefficient (Wildman–Crippen LogP) is 6.27. The first-order chi connectivity index (χ1) is 11.7. The molecule has 0 amide bonds. The van der Waals surface area contributed by atoms with Gasteiger partial charge < -0.3 is 0 Å². The van der Waals surface area contributed by atoms with Crippen molar-refractivity contribution in [2.75, 3.05) is 0 Å². The standard InChI is InChI=1S/C20H38O4/c1-3-5-7-9-10-11-12-14-16-18-20(22)24-23-19(21)17-15-13-8-6-4-2/h3-18H2,1-2H3. The smallest absolute Gasteiger partial charge is 0.247 e. The van der Waals surface area contributed by atoms with Crippen molar-refractivity contribution >= 4 is 11.9 Å². The quantitative estimate of drug-likeness (QED) is 0.188. The highest BCUT2D eigenvalue weighted by atomic mass is 17.2. The van der Waals surface area contributed by atoms with Crippen LogP contribution in [0.4, 0.5) is 0 Å². The lowest BCUT2D eigenvalue weighted by molar-refractivity contribution is -0.259. The molecule has 0 saturated carbocycles. The Balaban J connectivity index is 3.32. The maximum atomic E-state index is 11.5. The fourth-order valence-corrected chi connectivity index (χ4v) is 2.63. The van der Waals surface area contributed by atoms with Gasteiger partial charge in [-0.15, -0.1) is 0 Å². The van der Waals surface area contributed by atoms with E-state index in [-0.39, 0.29) is 0 Å². The van der Waals surface area contributed by atoms with Gasteiger partial charge in [0, 0.05) is 0 Å². The van der Waals surface area contributed by atoms with E-state index >= 15 is 0 Å². The van der Waals surface area contributed by atoms with E-state index < -0.39 is 11.9 Å². The minimum Gasteiger partial charge on any atom is -0.247 e. The van der Waals surface area contributed by atoms with Crippen molar-refractivity contribution in [3.05, 3.63) is 0 Å². The minimum atomic E-state index is -0.438. The number of rotatable bonds is 16. The summed E-state index contributed by atoms with van der Waals surface area (Å²) in [4.78, 5) is 32.0. The lowest BCUT2D eigenvalue weighted by Crippen LogP contribution is -2.11. The van der Waals surface area contributed by atoms with Crippen LogP contribution in [-0.2, 0) is 19.4 Å². The molecule has 0 aromatic heterocycles. The zero-order valence-electron chi connectivity index (χ0n) is 15.9. The molecule has 4 nitrogen and oxygen atoms in total. The summed E-state index contributed by atoms with van der Waals surface area (Å²) in [6.07, 6.45) is 16.8. The summed E-state index contributed by atoms with van der Waals surface area (Å²) < 4.78 is 0. The Morgan fingerprint density at radius 1 is 0.500 bits per heavy atom. The summed E-state index contributed by atoms with van der Waals surface area (Å²) in [7, 11) is 0. The average molecular weight is 343 g/mol. The summed E-state index contributed by atoms with van der Waals surface area (Å²) in [6.45, 7) is 4.38. The van der Waals surface area contributed by atoms with Crippen LogP contribution in [0.2, 0.25) is 0 Å². The molecule has 0 aliphatic rings. The highest BCUT2D eigenvalue weighted by Gasteiger charge is 2.09. The van der Waals surface area contributed by atoms with Crippen LogP contribution >= 0.6 is 0 Å². The number of hydrogen-bond donors (Lipinski definition) is 0. The van der Waals surface area contributed by atoms with Crippen LogP contribution in [0.1, 0.15) is 117 Å². The molecule has 0 spiro atoms. The molecular formula is C20H38O4. The van der Waals surface area contributed by atoms with Crippen LogP contribution in [0, 0.1) is 0 Å². The second kappa shape index (κ2) is 18.3. The molecule has 0 heterocycles. The lowest BCUT2D eigenvalue weighted by atomic mass is 10.1. The first kappa shape index (κ1) is 22.9. The summed E-state index contributed by atoms with van der Waals surface area (Å²) >= 11 is 0. The van der Waals surface area contributed by atoms with E-state index in [0.717, 1.165) is 38.5 Å². The fraction of sp³-hybridized carbons (Fsp3) is 0.900. The third-order valence-electron chi connectivity index (χ3n) is 4.20. The van der Waals surface area contributed by atoms with Crippen molar-refractivity contribution in [3.63, 3.8) is 0 Å². The minimum absolute atomic E-state index is 0.328. The zero-order chi connectivity index (χ0) is 17.9. The topological polar surface area (TPSA) is 52.6 Å². The van der Waals surface area contributed by atoms with E-state index in [9.17, 15) is 9.59 Å². The Hall–Kier alpha value is -1.06. The van der Waals surface area contributed by atoms with Crippen LogP contribution < -0.4 is 0 Å². The van der Waals surface area contributed by atoms with Gasteiger partial charge in [0.2, 0.25) is 0 Å². The van der Waals surface area contributed by atoms with Gasteiger partial charge in [0.05, 0.1) is 12.8 Å². The number of hydrogen-bond acceptors (Lipinski definition) is 4. The maximum absolute atomic E-state index is 11.5. The normalized spacial score (nSPS) is 10.6. The van der Waals surface area contributed by atoms with Crippen LogP contribution in [0.15, 0.2) is 0 Å². The predicted molar refractivity (Wildman–Crippen MR) is 97.4 cm³/mol. The molecule has 0 unspecified atom stereocenters. The number of unbranched alkanes of at least 4 members (excludes halogenated alkanes) is 12. The molecule has 142 valence electrons. The van der Waals surface area contributed by atoms with Gasteiger partial charge >= 0.3 is 11.9 Å². The molecule has 0 fully saturated rings. The highest BCUT2D eigenvalue weighted by Crippen LogP contribution is 2.11. The monoisotopic (exact) mass is 342 g/mol. The van der Waals surface area contributed by atoms with Crippen molar-refractivity contribution in [1.82, 2.24) is 0 Å². The molecule has 0 aromatic rings. The summed E-state index contributed by atoms with van der Waals surface area (Å²) in [5, 5.41) is 0. The van der Waals surface area contributed by atoms with E-state index in [1.54, 1.807) is 0 Å². The van der Waals surface area contributed by atoms with Crippen molar-refractivity contribution in [1.29, 1.82) is 0 Å². The summed E-state index contributed by atoms with van der Waals surface area (Å²) in [5.74, 6) is -0.871. The van der Waals surface area contributed by atoms with Gasteiger partial charge in [-0.05, 0) is 12.8 Å². The van der Waals surface area contributed by atoms with Gasteiger partial charge in [-0.3, -0.25) is 0 Å². The Morgan fingerprint density at radius 3 is 1.12 bits per heavy atom. The van der Waals surface area contributed by atoms with Gasteiger partial charge in [-0.1, -0.05) is 90.9 Å². The Morgan fingerprint density at radius 2 is 0.792 bits per heavy atom. The molecule has 0 bridgehead atoms. The van der Waals surface area contributed by atoms with E-state index in [0.29, 0.717) is 12.8 Å². The molecule has 0 aliphatic carbocycles.